The molecule has 0 atom stereocenters. The minimum atomic E-state index is -1.28. The van der Waals surface area contributed by atoms with Crippen molar-refractivity contribution in [2.75, 3.05) is 0 Å². The molecule has 0 aliphatic rings. The number of hydrogen-bond donors (Lipinski definition) is 1. The highest BCUT2D eigenvalue weighted by Gasteiger charge is 2.17. The molecular formula is C22H15N3O3. The largest absolute Gasteiger partial charge is 0.477 e. The zero-order valence-electron chi connectivity index (χ0n) is 14.7. The van der Waals surface area contributed by atoms with Gasteiger partial charge in [-0.2, -0.15) is 10.4 Å². The van der Waals surface area contributed by atoms with Crippen LogP contribution in [-0.2, 0) is 11.3 Å². The van der Waals surface area contributed by atoms with Gasteiger partial charge in [0.1, 0.15) is 22.9 Å². The number of para-hydroxylation sites is 1. The molecule has 6 nitrogen and oxygen atoms in total. The predicted molar refractivity (Wildman–Crippen MR) is 104 cm³/mol. The van der Waals surface area contributed by atoms with Gasteiger partial charge < -0.3 is 9.52 Å². The Morgan fingerprint density at radius 1 is 1.18 bits per heavy atom. The van der Waals surface area contributed by atoms with Crippen molar-refractivity contribution in [2.24, 2.45) is 0 Å². The summed E-state index contributed by atoms with van der Waals surface area (Å²) in [6.07, 6.45) is 3.04. The number of nitriles is 1. The molecule has 4 aromatic rings. The van der Waals surface area contributed by atoms with Crippen molar-refractivity contribution in [1.29, 1.82) is 5.26 Å². The van der Waals surface area contributed by atoms with Gasteiger partial charge in [0, 0.05) is 17.1 Å². The van der Waals surface area contributed by atoms with E-state index in [0.29, 0.717) is 29.1 Å². The van der Waals surface area contributed by atoms with Gasteiger partial charge in [0.25, 0.3) is 0 Å². The Morgan fingerprint density at radius 3 is 2.64 bits per heavy atom. The molecule has 0 amide bonds. The standard InChI is InChI=1S/C22H15N3O3/c23-12-17(22(26)27)10-18-14-25(13-15-6-2-1-3-7-15)24-21(18)20-11-16-8-4-5-9-19(16)28-20/h1-11,14H,13H2,(H,26,27)/b17-10+. The Kier molecular flexibility index (Phi) is 4.48. The van der Waals surface area contributed by atoms with Crippen molar-refractivity contribution in [2.45, 2.75) is 6.54 Å². The molecule has 0 aliphatic heterocycles. The van der Waals surface area contributed by atoms with Gasteiger partial charge >= 0.3 is 5.97 Å². The third-order valence-corrected chi connectivity index (χ3v) is 4.29. The van der Waals surface area contributed by atoms with Crippen LogP contribution in [0.1, 0.15) is 11.1 Å². The molecule has 136 valence electrons. The van der Waals surface area contributed by atoms with E-state index in [1.165, 1.54) is 6.08 Å². The molecule has 0 spiro atoms. The van der Waals surface area contributed by atoms with Crippen LogP contribution in [0.15, 0.2) is 76.9 Å². The first kappa shape index (κ1) is 17.3. The number of nitrogens with zero attached hydrogens (tertiary/aromatic N) is 3. The summed E-state index contributed by atoms with van der Waals surface area (Å²) in [5, 5.41) is 23.9. The van der Waals surface area contributed by atoms with Crippen LogP contribution in [0, 0.1) is 11.3 Å². The molecule has 4 rings (SSSR count). The molecule has 2 heterocycles. The van der Waals surface area contributed by atoms with Crippen LogP contribution in [0.2, 0.25) is 0 Å². The third-order valence-electron chi connectivity index (χ3n) is 4.29. The van der Waals surface area contributed by atoms with Gasteiger partial charge in [-0.15, -0.1) is 0 Å². The molecule has 6 heteroatoms. The van der Waals surface area contributed by atoms with Gasteiger partial charge in [-0.3, -0.25) is 4.68 Å². The van der Waals surface area contributed by atoms with Gasteiger partial charge in [0.2, 0.25) is 0 Å². The number of rotatable bonds is 5. The average Bonchev–Trinajstić information content (AvgIpc) is 3.30. The van der Waals surface area contributed by atoms with E-state index in [1.54, 1.807) is 16.9 Å². The Bertz CT molecular complexity index is 1190. The number of aliphatic carboxylic acids is 1. The number of fused-ring (bicyclic) bond motifs is 1. The fourth-order valence-corrected chi connectivity index (χ4v) is 2.98. The number of hydrogen-bond acceptors (Lipinski definition) is 4. The summed E-state index contributed by atoms with van der Waals surface area (Å²) in [7, 11) is 0. The van der Waals surface area contributed by atoms with Crippen LogP contribution in [0.4, 0.5) is 0 Å². The van der Waals surface area contributed by atoms with Crippen LogP contribution in [0.5, 0.6) is 0 Å². The molecule has 0 saturated heterocycles. The lowest BCUT2D eigenvalue weighted by Crippen LogP contribution is -1.99. The van der Waals surface area contributed by atoms with Gasteiger partial charge in [-0.05, 0) is 23.8 Å². The zero-order chi connectivity index (χ0) is 19.5. The zero-order valence-corrected chi connectivity index (χ0v) is 14.7. The molecule has 2 aromatic carbocycles. The Balaban J connectivity index is 1.82. The van der Waals surface area contributed by atoms with E-state index in [4.69, 9.17) is 9.68 Å². The van der Waals surface area contributed by atoms with E-state index in [2.05, 4.69) is 5.10 Å². The highest BCUT2D eigenvalue weighted by atomic mass is 16.4. The van der Waals surface area contributed by atoms with E-state index in [-0.39, 0.29) is 5.57 Å². The van der Waals surface area contributed by atoms with Gasteiger partial charge in [0.15, 0.2) is 5.76 Å². The van der Waals surface area contributed by atoms with Crippen LogP contribution < -0.4 is 0 Å². The van der Waals surface area contributed by atoms with Crippen molar-refractivity contribution < 1.29 is 14.3 Å². The molecule has 0 radical (unpaired) electrons. The summed E-state index contributed by atoms with van der Waals surface area (Å²) in [5.41, 5.74) is 2.39. The molecule has 0 bridgehead atoms. The number of benzene rings is 2. The summed E-state index contributed by atoms with van der Waals surface area (Å²) in [4.78, 5) is 11.3. The lowest BCUT2D eigenvalue weighted by molar-refractivity contribution is -0.132. The first-order valence-corrected chi connectivity index (χ1v) is 8.59. The fraction of sp³-hybridized carbons (Fsp3) is 0.0455. The molecule has 1 N–H and O–H groups in total. The minimum Gasteiger partial charge on any atom is -0.477 e. The van der Waals surface area contributed by atoms with Crippen molar-refractivity contribution in [3.63, 3.8) is 0 Å². The molecule has 0 saturated carbocycles. The Morgan fingerprint density at radius 2 is 1.93 bits per heavy atom. The minimum absolute atomic E-state index is 0.364. The lowest BCUT2D eigenvalue weighted by Gasteiger charge is -2.00. The maximum absolute atomic E-state index is 11.3. The number of furan rings is 1. The summed E-state index contributed by atoms with van der Waals surface area (Å²) in [5.74, 6) is -0.768. The first-order chi connectivity index (χ1) is 13.6. The number of carbonyl (C=O) groups is 1. The average molecular weight is 369 g/mol. The van der Waals surface area contributed by atoms with E-state index < -0.39 is 5.97 Å². The molecule has 28 heavy (non-hydrogen) atoms. The van der Waals surface area contributed by atoms with E-state index >= 15 is 0 Å². The van der Waals surface area contributed by atoms with Gasteiger partial charge in [-0.1, -0.05) is 48.5 Å². The van der Waals surface area contributed by atoms with Crippen molar-refractivity contribution in [3.8, 4) is 17.5 Å². The number of carboxylic acid groups (broad SMARTS) is 1. The molecular weight excluding hydrogens is 354 g/mol. The number of carboxylic acids is 1. The fourth-order valence-electron chi connectivity index (χ4n) is 2.98. The molecule has 0 fully saturated rings. The quantitative estimate of drug-likeness (QED) is 0.417. The van der Waals surface area contributed by atoms with Crippen molar-refractivity contribution in [3.05, 3.63) is 83.6 Å². The second-order valence-corrected chi connectivity index (χ2v) is 6.24. The number of aromatic nitrogens is 2. The Hall–Kier alpha value is -4.11. The van der Waals surface area contributed by atoms with Crippen molar-refractivity contribution in [1.82, 2.24) is 9.78 Å². The SMILES string of the molecule is N#C/C(=C\c1cn(Cc2ccccc2)nc1-c1cc2ccccc2o1)C(=O)O. The predicted octanol–water partition coefficient (Wildman–Crippen LogP) is 4.34. The normalized spacial score (nSPS) is 11.5. The van der Waals surface area contributed by atoms with Crippen molar-refractivity contribution >= 4 is 23.0 Å². The van der Waals surface area contributed by atoms with Crippen LogP contribution >= 0.6 is 0 Å². The van der Waals surface area contributed by atoms with E-state index in [0.717, 1.165) is 10.9 Å². The first-order valence-electron chi connectivity index (χ1n) is 8.59. The van der Waals surface area contributed by atoms with Gasteiger partial charge in [0.05, 0.1) is 6.54 Å². The van der Waals surface area contributed by atoms with E-state index in [9.17, 15) is 9.90 Å². The van der Waals surface area contributed by atoms with Crippen LogP contribution in [-0.4, -0.2) is 20.9 Å². The summed E-state index contributed by atoms with van der Waals surface area (Å²) < 4.78 is 7.61. The van der Waals surface area contributed by atoms with E-state index in [1.807, 2.05) is 60.7 Å². The van der Waals surface area contributed by atoms with Crippen LogP contribution in [0.3, 0.4) is 0 Å². The monoisotopic (exact) mass is 369 g/mol. The summed E-state index contributed by atoms with van der Waals surface area (Å²) in [6.45, 7) is 0.511. The van der Waals surface area contributed by atoms with Gasteiger partial charge in [-0.25, -0.2) is 4.79 Å². The molecule has 0 aliphatic carbocycles. The molecule has 2 aromatic heterocycles. The maximum atomic E-state index is 11.3. The third kappa shape index (κ3) is 3.41. The Labute approximate surface area is 160 Å². The second-order valence-electron chi connectivity index (χ2n) is 6.24. The molecule has 0 unspecified atom stereocenters. The maximum Gasteiger partial charge on any atom is 0.346 e. The highest BCUT2D eigenvalue weighted by molar-refractivity contribution is 5.97. The summed E-state index contributed by atoms with van der Waals surface area (Å²) in [6, 6.07) is 20.9. The highest BCUT2D eigenvalue weighted by Crippen LogP contribution is 2.30. The smallest absolute Gasteiger partial charge is 0.346 e. The lowest BCUT2D eigenvalue weighted by atomic mass is 10.1. The summed E-state index contributed by atoms with van der Waals surface area (Å²) >= 11 is 0. The van der Waals surface area contributed by atoms with Crippen LogP contribution in [0.25, 0.3) is 28.5 Å². The topological polar surface area (TPSA) is 92.0 Å². The second kappa shape index (κ2) is 7.25.